The van der Waals surface area contributed by atoms with Gasteiger partial charge in [0.2, 0.25) is 0 Å². The van der Waals surface area contributed by atoms with Gasteiger partial charge in [-0.3, -0.25) is 0 Å². The van der Waals surface area contributed by atoms with Gasteiger partial charge in [0.1, 0.15) is 17.2 Å². The van der Waals surface area contributed by atoms with Crippen LogP contribution in [0, 0.1) is 5.82 Å². The molecule has 0 saturated heterocycles. The van der Waals surface area contributed by atoms with Gasteiger partial charge in [0, 0.05) is 16.9 Å². The first kappa shape index (κ1) is 18.3. The third-order valence-electron chi connectivity index (χ3n) is 3.09. The molecular formula is C14H20F3NO2S. The van der Waals surface area contributed by atoms with Gasteiger partial charge in [-0.25, -0.2) is 13.2 Å². The maximum Gasteiger partial charge on any atom is 0.152 e. The highest BCUT2D eigenvalue weighted by atomic mass is 32.2. The largest absolute Gasteiger partial charge is 0.598 e. The fraction of sp³-hybridized carbons (Fsp3) is 0.571. The van der Waals surface area contributed by atoms with Crippen molar-refractivity contribution in [3.8, 4) is 0 Å². The van der Waals surface area contributed by atoms with Crippen LogP contribution in [-0.4, -0.2) is 33.9 Å². The van der Waals surface area contributed by atoms with Crippen LogP contribution in [0.25, 0.3) is 0 Å². The van der Waals surface area contributed by atoms with Crippen LogP contribution in [0.1, 0.15) is 26.3 Å². The molecule has 0 spiro atoms. The van der Waals surface area contributed by atoms with Gasteiger partial charge >= 0.3 is 0 Å². The Morgan fingerprint density at radius 1 is 1.33 bits per heavy atom. The highest BCUT2D eigenvalue weighted by Crippen LogP contribution is 2.33. The number of rotatable bonds is 6. The Hall–Kier alpha value is -0.760. The van der Waals surface area contributed by atoms with E-state index >= 15 is 0 Å². The lowest BCUT2D eigenvalue weighted by Crippen LogP contribution is -2.58. The lowest BCUT2D eigenvalue weighted by molar-refractivity contribution is 0.0731. The van der Waals surface area contributed by atoms with Gasteiger partial charge in [0.05, 0.1) is 6.61 Å². The maximum absolute atomic E-state index is 14.2. The maximum atomic E-state index is 14.2. The third kappa shape index (κ3) is 3.91. The van der Waals surface area contributed by atoms with Crippen molar-refractivity contribution in [2.75, 3.05) is 13.3 Å². The van der Waals surface area contributed by atoms with E-state index in [1.165, 1.54) is 18.2 Å². The molecule has 0 aliphatic carbocycles. The molecular weight excluding hydrogens is 303 g/mol. The van der Waals surface area contributed by atoms with Gasteiger partial charge in [0.15, 0.2) is 11.7 Å². The normalized spacial score (nSPS) is 18.1. The average Bonchev–Trinajstić information content (AvgIpc) is 2.43. The minimum Gasteiger partial charge on any atom is -0.598 e. The van der Waals surface area contributed by atoms with Crippen LogP contribution < -0.4 is 4.72 Å². The van der Waals surface area contributed by atoms with Crippen molar-refractivity contribution >= 4 is 11.4 Å². The second kappa shape index (κ2) is 7.00. The summed E-state index contributed by atoms with van der Waals surface area (Å²) >= 11 is -1.85. The van der Waals surface area contributed by atoms with E-state index in [0.29, 0.717) is 0 Å². The molecule has 0 unspecified atom stereocenters. The van der Waals surface area contributed by atoms with E-state index in [-0.39, 0.29) is 5.56 Å². The van der Waals surface area contributed by atoms with Crippen LogP contribution in [0.2, 0.25) is 0 Å². The van der Waals surface area contributed by atoms with Crippen LogP contribution in [-0.2, 0) is 16.9 Å². The fourth-order valence-electron chi connectivity index (χ4n) is 1.77. The summed E-state index contributed by atoms with van der Waals surface area (Å²) in [6.45, 7) is 2.48. The molecule has 1 aromatic rings. The molecule has 0 amide bonds. The first-order valence-electron chi connectivity index (χ1n) is 6.44. The van der Waals surface area contributed by atoms with Gasteiger partial charge in [-0.2, -0.15) is 0 Å². The van der Waals surface area contributed by atoms with E-state index in [0.717, 1.165) is 6.07 Å². The zero-order valence-electron chi connectivity index (χ0n) is 12.2. The standard InChI is InChI=1S/C14H20F3NO2S/c1-13(2,3)21(20)18-14(9-15,12(17)8-19)10-6-4-5-7-11(10)16/h4-7,12,18-19H,8-9H2,1-3H3/t12-,14-,21-/m1/s1. The smallest absolute Gasteiger partial charge is 0.152 e. The monoisotopic (exact) mass is 323 g/mol. The number of halogens is 3. The molecule has 0 saturated carbocycles. The molecule has 0 radical (unpaired) electrons. The molecule has 2 N–H and O–H groups in total. The summed E-state index contributed by atoms with van der Waals surface area (Å²) in [7, 11) is 0. The Bertz CT molecular complexity index is 470. The van der Waals surface area contributed by atoms with Crippen molar-refractivity contribution in [2.45, 2.75) is 37.2 Å². The van der Waals surface area contributed by atoms with E-state index in [4.69, 9.17) is 5.11 Å². The summed E-state index contributed by atoms with van der Waals surface area (Å²) in [6, 6.07) is 5.08. The van der Waals surface area contributed by atoms with Crippen molar-refractivity contribution in [3.05, 3.63) is 35.6 Å². The molecule has 0 aliphatic rings. The van der Waals surface area contributed by atoms with Crippen LogP contribution >= 0.6 is 0 Å². The summed E-state index contributed by atoms with van der Waals surface area (Å²) in [6.07, 6.45) is -2.15. The lowest BCUT2D eigenvalue weighted by Gasteiger charge is -2.37. The van der Waals surface area contributed by atoms with E-state index in [1.54, 1.807) is 20.8 Å². The third-order valence-corrected chi connectivity index (χ3v) is 4.75. The van der Waals surface area contributed by atoms with Crippen molar-refractivity contribution in [2.24, 2.45) is 0 Å². The Kier molecular flexibility index (Phi) is 6.10. The zero-order valence-corrected chi connectivity index (χ0v) is 13.0. The Morgan fingerprint density at radius 3 is 2.33 bits per heavy atom. The number of aliphatic hydroxyl groups is 1. The molecule has 3 atom stereocenters. The highest BCUT2D eigenvalue weighted by molar-refractivity contribution is 7.90. The summed E-state index contributed by atoms with van der Waals surface area (Å²) in [5.74, 6) is -0.829. The second-order valence-electron chi connectivity index (χ2n) is 5.72. The molecule has 0 heterocycles. The molecule has 0 fully saturated rings. The summed E-state index contributed by atoms with van der Waals surface area (Å²) in [5, 5.41) is 9.07. The number of hydrogen-bond acceptors (Lipinski definition) is 3. The Morgan fingerprint density at radius 2 is 1.90 bits per heavy atom. The number of benzene rings is 1. The zero-order chi connectivity index (χ0) is 16.3. The predicted molar refractivity (Wildman–Crippen MR) is 77.1 cm³/mol. The first-order valence-corrected chi connectivity index (χ1v) is 7.59. The van der Waals surface area contributed by atoms with Crippen LogP contribution in [0.4, 0.5) is 13.2 Å². The number of alkyl halides is 2. The molecule has 7 heteroatoms. The summed E-state index contributed by atoms with van der Waals surface area (Å²) in [5.41, 5.74) is -2.50. The Balaban J connectivity index is 3.33. The summed E-state index contributed by atoms with van der Waals surface area (Å²) in [4.78, 5) is 0. The number of hydrogen-bond donors (Lipinski definition) is 2. The molecule has 0 aliphatic heterocycles. The quantitative estimate of drug-likeness (QED) is 0.790. The lowest BCUT2D eigenvalue weighted by atomic mass is 9.87. The van der Waals surface area contributed by atoms with Gasteiger partial charge in [-0.1, -0.05) is 18.2 Å². The fourth-order valence-corrected chi connectivity index (χ4v) is 2.70. The molecule has 3 nitrogen and oxygen atoms in total. The minimum absolute atomic E-state index is 0.299. The minimum atomic E-state index is -2.20. The highest BCUT2D eigenvalue weighted by Gasteiger charge is 2.48. The predicted octanol–water partition coefficient (Wildman–Crippen LogP) is 2.37. The van der Waals surface area contributed by atoms with Crippen LogP contribution in [0.3, 0.4) is 0 Å². The van der Waals surface area contributed by atoms with Gasteiger partial charge in [-0.15, -0.1) is 4.72 Å². The first-order chi connectivity index (χ1) is 9.69. The summed E-state index contributed by atoms with van der Waals surface area (Å²) < 4.78 is 55.6. The van der Waals surface area contributed by atoms with Crippen molar-refractivity contribution in [1.29, 1.82) is 0 Å². The van der Waals surface area contributed by atoms with Crippen LogP contribution in [0.5, 0.6) is 0 Å². The topological polar surface area (TPSA) is 55.3 Å². The average molecular weight is 323 g/mol. The molecule has 0 aromatic heterocycles. The molecule has 120 valence electrons. The van der Waals surface area contributed by atoms with Crippen molar-refractivity contribution in [3.63, 3.8) is 0 Å². The van der Waals surface area contributed by atoms with Crippen molar-refractivity contribution in [1.82, 2.24) is 4.72 Å². The second-order valence-corrected chi connectivity index (χ2v) is 7.68. The molecule has 1 aromatic carbocycles. The van der Waals surface area contributed by atoms with E-state index < -0.39 is 46.9 Å². The SMILES string of the molecule is CC(C)(C)[S@@+]([O-])N[C@](CF)(c1ccccc1F)[C@H](F)CO. The van der Waals surface area contributed by atoms with Crippen molar-refractivity contribution < 1.29 is 22.8 Å². The molecule has 21 heavy (non-hydrogen) atoms. The van der Waals surface area contributed by atoms with Gasteiger partial charge < -0.3 is 9.66 Å². The number of aliphatic hydroxyl groups excluding tert-OH is 1. The number of nitrogens with one attached hydrogen (secondary N) is 1. The molecule has 1 rings (SSSR count). The Labute approximate surface area is 125 Å². The van der Waals surface area contributed by atoms with Gasteiger partial charge in [-0.05, 0) is 26.8 Å². The van der Waals surface area contributed by atoms with E-state index in [2.05, 4.69) is 4.72 Å². The van der Waals surface area contributed by atoms with Crippen LogP contribution in [0.15, 0.2) is 24.3 Å². The van der Waals surface area contributed by atoms with E-state index in [9.17, 15) is 17.7 Å². The van der Waals surface area contributed by atoms with E-state index in [1.807, 2.05) is 0 Å². The molecule has 0 bridgehead atoms. The van der Waals surface area contributed by atoms with Gasteiger partial charge in [0.25, 0.3) is 0 Å².